The molecule has 3 unspecified atom stereocenters. The van der Waals surface area contributed by atoms with E-state index in [1.54, 1.807) is 4.90 Å². The standard InChI is InChI=1S/C17H24FN3O/c18-16-5-12-4-13(6-16)8-17(7-12,11-16)20-10-15(22)21-3-1-2-14(21)9-19/h12-14,20H,1-8,10-11H2. The number of nitrogens with one attached hydrogen (secondary N) is 1. The van der Waals surface area contributed by atoms with Crippen LogP contribution in [0.3, 0.4) is 0 Å². The predicted octanol–water partition coefficient (Wildman–Crippen LogP) is 2.15. The highest BCUT2D eigenvalue weighted by Crippen LogP contribution is 2.58. The summed E-state index contributed by atoms with van der Waals surface area (Å²) in [6, 6.07) is 1.95. The van der Waals surface area contributed by atoms with Gasteiger partial charge in [0.2, 0.25) is 5.91 Å². The minimum atomic E-state index is -0.997. The molecule has 5 heteroatoms. The zero-order valence-corrected chi connectivity index (χ0v) is 13.0. The van der Waals surface area contributed by atoms with E-state index >= 15 is 0 Å². The quantitative estimate of drug-likeness (QED) is 0.869. The lowest BCUT2D eigenvalue weighted by Gasteiger charge is -2.59. The van der Waals surface area contributed by atoms with Gasteiger partial charge in [-0.3, -0.25) is 4.79 Å². The van der Waals surface area contributed by atoms with Crippen LogP contribution in [0.2, 0.25) is 0 Å². The third-order valence-electron chi connectivity index (χ3n) is 6.33. The fourth-order valence-electron chi connectivity index (χ4n) is 5.92. The smallest absolute Gasteiger partial charge is 0.237 e. The minimum Gasteiger partial charge on any atom is -0.326 e. The van der Waals surface area contributed by atoms with Crippen LogP contribution in [0.1, 0.15) is 51.4 Å². The predicted molar refractivity (Wildman–Crippen MR) is 79.6 cm³/mol. The Balaban J connectivity index is 1.41. The lowest BCUT2D eigenvalue weighted by atomic mass is 9.51. The summed E-state index contributed by atoms with van der Waals surface area (Å²) in [7, 11) is 0. The van der Waals surface area contributed by atoms with Crippen molar-refractivity contribution in [2.45, 2.75) is 68.6 Å². The summed E-state index contributed by atoms with van der Waals surface area (Å²) in [6.07, 6.45) is 6.92. The first-order chi connectivity index (χ1) is 10.5. The number of alkyl halides is 1. The van der Waals surface area contributed by atoms with Crippen LogP contribution in [-0.4, -0.2) is 41.1 Å². The lowest BCUT2D eigenvalue weighted by Crippen LogP contribution is -2.64. The second-order valence-corrected chi connectivity index (χ2v) is 8.12. The van der Waals surface area contributed by atoms with Crippen LogP contribution in [0.25, 0.3) is 0 Å². The van der Waals surface area contributed by atoms with Gasteiger partial charge in [-0.05, 0) is 63.2 Å². The number of carbonyl (C=O) groups excluding carboxylic acids is 1. The monoisotopic (exact) mass is 305 g/mol. The van der Waals surface area contributed by atoms with Crippen LogP contribution < -0.4 is 5.32 Å². The van der Waals surface area contributed by atoms with Crippen LogP contribution in [0.5, 0.6) is 0 Å². The number of nitriles is 1. The molecule has 5 fully saturated rings. The molecule has 5 aliphatic rings. The van der Waals surface area contributed by atoms with Crippen molar-refractivity contribution in [3.05, 3.63) is 0 Å². The topological polar surface area (TPSA) is 56.1 Å². The highest BCUT2D eigenvalue weighted by Gasteiger charge is 2.58. The van der Waals surface area contributed by atoms with Gasteiger partial charge in [-0.2, -0.15) is 5.26 Å². The molecule has 0 spiro atoms. The molecule has 5 rings (SSSR count). The van der Waals surface area contributed by atoms with Gasteiger partial charge in [-0.1, -0.05) is 0 Å². The first-order valence-corrected chi connectivity index (χ1v) is 8.64. The zero-order valence-electron chi connectivity index (χ0n) is 13.0. The molecule has 4 saturated carbocycles. The highest BCUT2D eigenvalue weighted by molar-refractivity contribution is 5.79. The van der Waals surface area contributed by atoms with Crippen LogP contribution in [0.15, 0.2) is 0 Å². The van der Waals surface area contributed by atoms with E-state index in [0.29, 0.717) is 24.8 Å². The molecule has 4 nitrogen and oxygen atoms in total. The molecule has 120 valence electrons. The van der Waals surface area contributed by atoms with Gasteiger partial charge in [0, 0.05) is 12.1 Å². The maximum absolute atomic E-state index is 14.9. The zero-order chi connectivity index (χ0) is 15.4. The lowest BCUT2D eigenvalue weighted by molar-refractivity contribution is -0.133. The molecule has 4 aliphatic carbocycles. The minimum absolute atomic E-state index is 0.00713. The van der Waals surface area contributed by atoms with E-state index < -0.39 is 5.67 Å². The van der Waals surface area contributed by atoms with Crippen molar-refractivity contribution in [3.8, 4) is 6.07 Å². The molecule has 0 aromatic rings. The van der Waals surface area contributed by atoms with Gasteiger partial charge in [0.1, 0.15) is 11.7 Å². The van der Waals surface area contributed by atoms with E-state index in [0.717, 1.165) is 38.5 Å². The molecule has 1 N–H and O–H groups in total. The van der Waals surface area contributed by atoms with E-state index in [4.69, 9.17) is 5.26 Å². The summed E-state index contributed by atoms with van der Waals surface area (Å²) in [6.45, 7) is 0.942. The molecule has 0 aromatic carbocycles. The Hall–Kier alpha value is -1.15. The Morgan fingerprint density at radius 3 is 2.68 bits per heavy atom. The van der Waals surface area contributed by atoms with E-state index in [1.807, 2.05) is 0 Å². The van der Waals surface area contributed by atoms with Crippen molar-refractivity contribution in [2.24, 2.45) is 11.8 Å². The summed E-state index contributed by atoms with van der Waals surface area (Å²) in [5.41, 5.74) is -1.17. The van der Waals surface area contributed by atoms with Crippen LogP contribution in [-0.2, 0) is 4.79 Å². The fourth-order valence-corrected chi connectivity index (χ4v) is 5.92. The van der Waals surface area contributed by atoms with E-state index in [2.05, 4.69) is 11.4 Å². The number of hydrogen-bond acceptors (Lipinski definition) is 3. The molecule has 1 amide bonds. The Labute approximate surface area is 131 Å². The van der Waals surface area contributed by atoms with Crippen LogP contribution >= 0.6 is 0 Å². The average Bonchev–Trinajstić information content (AvgIpc) is 2.90. The Bertz CT molecular complexity index is 514. The summed E-state index contributed by atoms with van der Waals surface area (Å²) in [5.74, 6) is 0.993. The van der Waals surface area contributed by atoms with Crippen LogP contribution in [0.4, 0.5) is 4.39 Å². The molecule has 4 bridgehead atoms. The number of likely N-dealkylation sites (tertiary alicyclic amines) is 1. The second kappa shape index (κ2) is 4.92. The van der Waals surface area contributed by atoms with Gasteiger partial charge in [0.05, 0.1) is 12.6 Å². The number of hydrogen-bond donors (Lipinski definition) is 1. The molecule has 3 atom stereocenters. The van der Waals surface area contributed by atoms with Gasteiger partial charge in [-0.15, -0.1) is 0 Å². The highest BCUT2D eigenvalue weighted by atomic mass is 19.1. The third kappa shape index (κ3) is 2.32. The van der Waals surface area contributed by atoms with Crippen LogP contribution in [0, 0.1) is 23.2 Å². The first kappa shape index (κ1) is 14.4. The van der Waals surface area contributed by atoms with Crippen molar-refractivity contribution < 1.29 is 9.18 Å². The largest absolute Gasteiger partial charge is 0.326 e. The number of halogens is 1. The van der Waals surface area contributed by atoms with Gasteiger partial charge < -0.3 is 10.2 Å². The fraction of sp³-hybridized carbons (Fsp3) is 0.882. The molecular weight excluding hydrogens is 281 g/mol. The van der Waals surface area contributed by atoms with Crippen molar-refractivity contribution >= 4 is 5.91 Å². The number of carbonyl (C=O) groups is 1. The van der Waals surface area contributed by atoms with Gasteiger partial charge in [0.25, 0.3) is 0 Å². The summed E-state index contributed by atoms with van der Waals surface area (Å²) >= 11 is 0. The molecule has 1 aliphatic heterocycles. The average molecular weight is 305 g/mol. The second-order valence-electron chi connectivity index (χ2n) is 8.12. The van der Waals surface area contributed by atoms with E-state index in [9.17, 15) is 9.18 Å². The van der Waals surface area contributed by atoms with Gasteiger partial charge in [0.15, 0.2) is 0 Å². The van der Waals surface area contributed by atoms with E-state index in [1.165, 1.54) is 6.42 Å². The number of amides is 1. The van der Waals surface area contributed by atoms with Crippen molar-refractivity contribution in [1.29, 1.82) is 5.26 Å². The SMILES string of the molecule is N#CC1CCCN1C(=O)CNC12CC3CC(CC(F)(C3)C1)C2. The maximum atomic E-state index is 14.9. The summed E-state index contributed by atoms with van der Waals surface area (Å²) in [4.78, 5) is 14.1. The third-order valence-corrected chi connectivity index (χ3v) is 6.33. The molecule has 1 heterocycles. The maximum Gasteiger partial charge on any atom is 0.237 e. The number of nitrogens with zero attached hydrogens (tertiary/aromatic N) is 2. The Morgan fingerprint density at radius 2 is 2.05 bits per heavy atom. The first-order valence-electron chi connectivity index (χ1n) is 8.64. The van der Waals surface area contributed by atoms with Gasteiger partial charge >= 0.3 is 0 Å². The normalized spacial score (nSPS) is 46.0. The van der Waals surface area contributed by atoms with Crippen molar-refractivity contribution in [2.75, 3.05) is 13.1 Å². The van der Waals surface area contributed by atoms with Crippen molar-refractivity contribution in [3.63, 3.8) is 0 Å². The Morgan fingerprint density at radius 1 is 1.32 bits per heavy atom. The summed E-state index contributed by atoms with van der Waals surface area (Å²) in [5, 5.41) is 12.5. The molecular formula is C17H24FN3O. The summed E-state index contributed by atoms with van der Waals surface area (Å²) < 4.78 is 14.9. The molecule has 0 aromatic heterocycles. The van der Waals surface area contributed by atoms with Crippen molar-refractivity contribution in [1.82, 2.24) is 10.2 Å². The number of rotatable bonds is 3. The molecule has 1 saturated heterocycles. The Kier molecular flexibility index (Phi) is 3.23. The van der Waals surface area contributed by atoms with Gasteiger partial charge in [-0.25, -0.2) is 4.39 Å². The van der Waals surface area contributed by atoms with E-state index in [-0.39, 0.29) is 24.0 Å². The molecule has 0 radical (unpaired) electrons. The molecule has 22 heavy (non-hydrogen) atoms.